The average molecular weight is 202 g/mol. The van der Waals surface area contributed by atoms with Crippen molar-refractivity contribution >= 4 is 12.4 Å². The highest BCUT2D eigenvalue weighted by atomic mass is 35.5. The number of aliphatic hydroxyl groups is 1. The van der Waals surface area contributed by atoms with Crippen molar-refractivity contribution < 1.29 is 13.9 Å². The Balaban J connectivity index is 0.00000121. The van der Waals surface area contributed by atoms with E-state index in [1.54, 1.807) is 0 Å². The zero-order valence-corrected chi connectivity index (χ0v) is 7.57. The normalized spacial score (nSPS) is 19.0. The second-order valence-corrected chi connectivity index (χ2v) is 2.93. The Morgan fingerprint density at radius 3 is 2.42 bits per heavy atom. The minimum Gasteiger partial charge on any atom is -0.396 e. The van der Waals surface area contributed by atoms with Crippen LogP contribution in [0.2, 0.25) is 0 Å². The fourth-order valence-corrected chi connectivity index (χ4v) is 1.25. The molecule has 0 unspecified atom stereocenters. The first-order chi connectivity index (χ1) is 5.24. The van der Waals surface area contributed by atoms with E-state index < -0.39 is 12.3 Å². The monoisotopic (exact) mass is 201 g/mol. The van der Waals surface area contributed by atoms with Crippen LogP contribution in [0.1, 0.15) is 6.42 Å². The number of hydrogen-bond acceptors (Lipinski definition) is 2. The highest BCUT2D eigenvalue weighted by molar-refractivity contribution is 5.85. The molecule has 1 saturated heterocycles. The Kier molecular flexibility index (Phi) is 5.70. The van der Waals surface area contributed by atoms with Crippen molar-refractivity contribution in [2.75, 3.05) is 26.2 Å². The summed E-state index contributed by atoms with van der Waals surface area (Å²) < 4.78 is 23.8. The minimum atomic E-state index is -2.17. The smallest absolute Gasteiger partial charge is 0.243 e. The fourth-order valence-electron chi connectivity index (χ4n) is 1.25. The standard InChI is InChI=1S/C7H13F2NO.ClH/c8-7(9)6-4-10(5-6)2-1-3-11;/h6-7,11H,1-5H2;1H. The Bertz CT molecular complexity index is 120. The van der Waals surface area contributed by atoms with Gasteiger partial charge in [-0.3, -0.25) is 0 Å². The Hall–Kier alpha value is 0.0700. The van der Waals surface area contributed by atoms with Crippen LogP contribution in [0.4, 0.5) is 8.78 Å². The van der Waals surface area contributed by atoms with Gasteiger partial charge in [-0.2, -0.15) is 0 Å². The van der Waals surface area contributed by atoms with Gasteiger partial charge in [-0.1, -0.05) is 0 Å². The van der Waals surface area contributed by atoms with Crippen molar-refractivity contribution in [1.82, 2.24) is 4.90 Å². The van der Waals surface area contributed by atoms with E-state index in [1.807, 2.05) is 4.90 Å². The van der Waals surface area contributed by atoms with Gasteiger partial charge < -0.3 is 10.0 Å². The van der Waals surface area contributed by atoms with Crippen molar-refractivity contribution in [3.63, 3.8) is 0 Å². The molecule has 74 valence electrons. The van der Waals surface area contributed by atoms with Gasteiger partial charge in [0, 0.05) is 32.2 Å². The van der Waals surface area contributed by atoms with Crippen molar-refractivity contribution in [1.29, 1.82) is 0 Å². The van der Waals surface area contributed by atoms with Crippen molar-refractivity contribution in [2.24, 2.45) is 5.92 Å². The summed E-state index contributed by atoms with van der Waals surface area (Å²) in [6.45, 7) is 1.89. The number of alkyl halides is 2. The summed E-state index contributed by atoms with van der Waals surface area (Å²) >= 11 is 0. The highest BCUT2D eigenvalue weighted by Gasteiger charge is 2.32. The van der Waals surface area contributed by atoms with E-state index in [-0.39, 0.29) is 19.0 Å². The molecule has 1 aliphatic heterocycles. The molecule has 0 amide bonds. The molecule has 0 spiro atoms. The Morgan fingerprint density at radius 2 is 2.00 bits per heavy atom. The van der Waals surface area contributed by atoms with Crippen LogP contribution in [0, 0.1) is 5.92 Å². The summed E-state index contributed by atoms with van der Waals surface area (Å²) in [5.74, 6) is -0.423. The molecule has 1 fully saturated rings. The number of hydrogen-bond donors (Lipinski definition) is 1. The van der Waals surface area contributed by atoms with Crippen molar-refractivity contribution in [3.8, 4) is 0 Å². The van der Waals surface area contributed by atoms with Crippen molar-refractivity contribution in [2.45, 2.75) is 12.8 Å². The third-order valence-electron chi connectivity index (χ3n) is 1.97. The Labute approximate surface area is 77.0 Å². The summed E-state index contributed by atoms with van der Waals surface area (Å²) in [4.78, 5) is 1.94. The molecule has 0 aromatic carbocycles. The first-order valence-corrected chi connectivity index (χ1v) is 3.85. The molecule has 1 heterocycles. The van der Waals surface area contributed by atoms with E-state index in [2.05, 4.69) is 0 Å². The molecule has 0 aromatic rings. The van der Waals surface area contributed by atoms with E-state index in [9.17, 15) is 8.78 Å². The van der Waals surface area contributed by atoms with Gasteiger partial charge in [0.05, 0.1) is 0 Å². The summed E-state index contributed by atoms with van der Waals surface area (Å²) in [5.41, 5.74) is 0. The van der Waals surface area contributed by atoms with Crippen LogP contribution in [-0.2, 0) is 0 Å². The largest absolute Gasteiger partial charge is 0.396 e. The van der Waals surface area contributed by atoms with Gasteiger partial charge in [-0.05, 0) is 6.42 Å². The van der Waals surface area contributed by atoms with Gasteiger partial charge in [0.15, 0.2) is 0 Å². The van der Waals surface area contributed by atoms with Crippen LogP contribution >= 0.6 is 12.4 Å². The van der Waals surface area contributed by atoms with Crippen LogP contribution < -0.4 is 0 Å². The minimum absolute atomic E-state index is 0. The molecule has 2 nitrogen and oxygen atoms in total. The van der Waals surface area contributed by atoms with E-state index >= 15 is 0 Å². The number of likely N-dealkylation sites (tertiary alicyclic amines) is 1. The zero-order chi connectivity index (χ0) is 8.27. The van der Waals surface area contributed by atoms with Crippen LogP contribution in [0.3, 0.4) is 0 Å². The molecular formula is C7H14ClF2NO. The molecule has 12 heavy (non-hydrogen) atoms. The van der Waals surface area contributed by atoms with Gasteiger partial charge in [0.25, 0.3) is 0 Å². The zero-order valence-electron chi connectivity index (χ0n) is 6.75. The molecule has 1 aliphatic rings. The first kappa shape index (κ1) is 12.1. The van der Waals surface area contributed by atoms with E-state index in [4.69, 9.17) is 5.11 Å². The number of aliphatic hydroxyl groups excluding tert-OH is 1. The molecule has 0 aromatic heterocycles. The average Bonchev–Trinajstić information content (AvgIpc) is 1.84. The molecule has 0 atom stereocenters. The van der Waals surface area contributed by atoms with Crippen LogP contribution in [0.15, 0.2) is 0 Å². The van der Waals surface area contributed by atoms with Gasteiger partial charge >= 0.3 is 0 Å². The number of nitrogens with zero attached hydrogens (tertiary/aromatic N) is 1. The molecule has 1 N–H and O–H groups in total. The van der Waals surface area contributed by atoms with Gasteiger partial charge in [-0.15, -0.1) is 12.4 Å². The van der Waals surface area contributed by atoms with Gasteiger partial charge in [-0.25, -0.2) is 8.78 Å². The topological polar surface area (TPSA) is 23.5 Å². The molecule has 0 saturated carbocycles. The highest BCUT2D eigenvalue weighted by Crippen LogP contribution is 2.21. The quantitative estimate of drug-likeness (QED) is 0.733. The lowest BCUT2D eigenvalue weighted by Gasteiger charge is -2.38. The van der Waals surface area contributed by atoms with E-state index in [0.717, 1.165) is 6.54 Å². The second kappa shape index (κ2) is 5.67. The summed E-state index contributed by atoms with van der Waals surface area (Å²) in [6, 6.07) is 0. The number of halogens is 3. The molecule has 5 heteroatoms. The maximum absolute atomic E-state index is 11.9. The van der Waals surface area contributed by atoms with E-state index in [1.165, 1.54) is 0 Å². The van der Waals surface area contributed by atoms with Crippen LogP contribution in [0.25, 0.3) is 0 Å². The summed E-state index contributed by atoms with van der Waals surface area (Å²) in [5, 5.41) is 8.44. The SMILES string of the molecule is Cl.OCCCN1CC(C(F)F)C1. The maximum Gasteiger partial charge on any atom is 0.243 e. The third-order valence-corrected chi connectivity index (χ3v) is 1.97. The predicted octanol–water partition coefficient (Wildman–Crippen LogP) is 0.988. The predicted molar refractivity (Wildman–Crippen MR) is 44.9 cm³/mol. The van der Waals surface area contributed by atoms with Crippen LogP contribution in [0.5, 0.6) is 0 Å². The number of rotatable bonds is 4. The lowest BCUT2D eigenvalue weighted by molar-refractivity contribution is -0.0256. The first-order valence-electron chi connectivity index (χ1n) is 3.85. The molecule has 0 bridgehead atoms. The molecule has 0 radical (unpaired) electrons. The van der Waals surface area contributed by atoms with Gasteiger partial charge in [0.1, 0.15) is 0 Å². The fraction of sp³-hybridized carbons (Fsp3) is 1.00. The van der Waals surface area contributed by atoms with Crippen molar-refractivity contribution in [3.05, 3.63) is 0 Å². The lowest BCUT2D eigenvalue weighted by atomic mass is 10.0. The van der Waals surface area contributed by atoms with Crippen LogP contribution in [-0.4, -0.2) is 42.7 Å². The summed E-state index contributed by atoms with van der Waals surface area (Å²) in [6.07, 6.45) is -1.48. The Morgan fingerprint density at radius 1 is 1.42 bits per heavy atom. The summed E-state index contributed by atoms with van der Waals surface area (Å²) in [7, 11) is 0. The third kappa shape index (κ3) is 3.21. The maximum atomic E-state index is 11.9. The second-order valence-electron chi connectivity index (χ2n) is 2.93. The van der Waals surface area contributed by atoms with E-state index in [0.29, 0.717) is 19.5 Å². The molecule has 1 rings (SSSR count). The van der Waals surface area contributed by atoms with Gasteiger partial charge in [0.2, 0.25) is 6.43 Å². The molecule has 0 aliphatic carbocycles. The lowest BCUT2D eigenvalue weighted by Crippen LogP contribution is -2.50. The molecular weight excluding hydrogens is 188 g/mol.